The van der Waals surface area contributed by atoms with Gasteiger partial charge >= 0.3 is 0 Å². The third kappa shape index (κ3) is 3.81. The van der Waals surface area contributed by atoms with E-state index in [2.05, 4.69) is 53.0 Å². The van der Waals surface area contributed by atoms with Crippen LogP contribution in [0.25, 0.3) is 0 Å². The fourth-order valence-corrected chi connectivity index (χ4v) is 3.43. The molecule has 1 saturated heterocycles. The Balaban J connectivity index is 1.71. The number of rotatable bonds is 4. The van der Waals surface area contributed by atoms with E-state index in [1.54, 1.807) is 0 Å². The Kier molecular flexibility index (Phi) is 5.03. The molecule has 3 rings (SSSR count). The lowest BCUT2D eigenvalue weighted by Crippen LogP contribution is -2.48. The summed E-state index contributed by atoms with van der Waals surface area (Å²) in [4.78, 5) is 4.75. The molecule has 0 spiro atoms. The van der Waals surface area contributed by atoms with Gasteiger partial charge in [-0.15, -0.1) is 5.10 Å². The van der Waals surface area contributed by atoms with Crippen molar-refractivity contribution in [3.05, 3.63) is 35.9 Å². The lowest BCUT2D eigenvalue weighted by molar-refractivity contribution is 0.161. The van der Waals surface area contributed by atoms with Gasteiger partial charge in [0.1, 0.15) is 5.82 Å². The molecular weight excluding hydrogens is 319 g/mol. The molecule has 0 radical (unpaired) electrons. The molecule has 0 amide bonds. The summed E-state index contributed by atoms with van der Waals surface area (Å²) in [6.07, 6.45) is 0.965. The molecule has 0 unspecified atom stereocenters. The zero-order valence-corrected chi connectivity index (χ0v) is 15.5. The first-order valence-electron chi connectivity index (χ1n) is 8.93. The standard InChI is InChI=1S/C18H27FN6/c1-5-16(17-20-21-22-25(17)18(2,3)4)24-12-10-23(11-13-24)15-8-6-14(19)7-9-15/h6-9,16H,5,10-13H2,1-4H3/t16-/m1/s1. The van der Waals surface area contributed by atoms with Crippen LogP contribution in [0.1, 0.15) is 46.0 Å². The van der Waals surface area contributed by atoms with Gasteiger partial charge < -0.3 is 4.90 Å². The summed E-state index contributed by atoms with van der Waals surface area (Å²) in [7, 11) is 0. The molecule has 1 atom stereocenters. The van der Waals surface area contributed by atoms with Gasteiger partial charge in [-0.1, -0.05) is 6.92 Å². The van der Waals surface area contributed by atoms with E-state index >= 15 is 0 Å². The van der Waals surface area contributed by atoms with Gasteiger partial charge in [-0.05, 0) is 61.9 Å². The van der Waals surface area contributed by atoms with E-state index in [1.807, 2.05) is 16.8 Å². The monoisotopic (exact) mass is 346 g/mol. The number of aromatic nitrogens is 4. The molecule has 0 bridgehead atoms. The topological polar surface area (TPSA) is 50.1 Å². The fraction of sp³-hybridized carbons (Fsp3) is 0.611. The lowest BCUT2D eigenvalue weighted by atomic mass is 10.1. The maximum Gasteiger partial charge on any atom is 0.168 e. The summed E-state index contributed by atoms with van der Waals surface area (Å²) < 4.78 is 15.0. The predicted octanol–water partition coefficient (Wildman–Crippen LogP) is 2.84. The van der Waals surface area contributed by atoms with Crippen molar-refractivity contribution in [2.24, 2.45) is 0 Å². The van der Waals surface area contributed by atoms with E-state index < -0.39 is 0 Å². The fourth-order valence-electron chi connectivity index (χ4n) is 3.43. The van der Waals surface area contributed by atoms with Gasteiger partial charge in [-0.2, -0.15) is 0 Å². The summed E-state index contributed by atoms with van der Waals surface area (Å²) in [6.45, 7) is 12.2. The minimum atomic E-state index is -0.192. The second kappa shape index (κ2) is 7.07. The zero-order chi connectivity index (χ0) is 18.0. The molecule has 1 aliphatic rings. The number of hydrogen-bond donors (Lipinski definition) is 0. The number of tetrazole rings is 1. The average Bonchev–Trinajstić information content (AvgIpc) is 3.07. The van der Waals surface area contributed by atoms with E-state index in [-0.39, 0.29) is 17.4 Å². The van der Waals surface area contributed by atoms with E-state index in [1.165, 1.54) is 12.1 Å². The van der Waals surface area contributed by atoms with Crippen molar-refractivity contribution in [3.63, 3.8) is 0 Å². The smallest absolute Gasteiger partial charge is 0.168 e. The van der Waals surface area contributed by atoms with Crippen LogP contribution in [0.15, 0.2) is 24.3 Å². The molecule has 0 saturated carbocycles. The normalized spacial score (nSPS) is 17.7. The molecule has 6 nitrogen and oxygen atoms in total. The molecule has 0 aliphatic carbocycles. The van der Waals surface area contributed by atoms with E-state index in [0.717, 1.165) is 44.1 Å². The maximum atomic E-state index is 13.1. The average molecular weight is 346 g/mol. The molecular formula is C18H27FN6. The lowest BCUT2D eigenvalue weighted by Gasteiger charge is -2.40. The predicted molar refractivity (Wildman–Crippen MR) is 96.0 cm³/mol. The SMILES string of the molecule is CC[C@H](c1nnnn1C(C)(C)C)N1CCN(c2ccc(F)cc2)CC1. The van der Waals surface area contributed by atoms with Crippen molar-refractivity contribution in [2.45, 2.75) is 45.7 Å². The number of benzene rings is 1. The molecule has 25 heavy (non-hydrogen) atoms. The summed E-state index contributed by atoms with van der Waals surface area (Å²) in [5.74, 6) is 0.743. The summed E-state index contributed by atoms with van der Waals surface area (Å²) in [6, 6.07) is 6.96. The van der Waals surface area contributed by atoms with E-state index in [9.17, 15) is 4.39 Å². The van der Waals surface area contributed by atoms with Gasteiger partial charge in [0.25, 0.3) is 0 Å². The van der Waals surface area contributed by atoms with Gasteiger partial charge in [0.15, 0.2) is 5.82 Å². The summed E-state index contributed by atoms with van der Waals surface area (Å²) in [5, 5.41) is 12.4. The summed E-state index contributed by atoms with van der Waals surface area (Å²) in [5.41, 5.74) is 0.941. The molecule has 7 heteroatoms. The Morgan fingerprint density at radius 3 is 2.28 bits per heavy atom. The molecule has 0 N–H and O–H groups in total. The highest BCUT2D eigenvalue weighted by Crippen LogP contribution is 2.27. The van der Waals surface area contributed by atoms with Crippen LogP contribution in [0.5, 0.6) is 0 Å². The maximum absolute atomic E-state index is 13.1. The molecule has 1 fully saturated rings. The van der Waals surface area contributed by atoms with Crippen LogP contribution >= 0.6 is 0 Å². The number of nitrogens with zero attached hydrogens (tertiary/aromatic N) is 6. The van der Waals surface area contributed by atoms with Crippen LogP contribution in [-0.4, -0.2) is 51.3 Å². The Morgan fingerprint density at radius 1 is 1.08 bits per heavy atom. The van der Waals surface area contributed by atoms with Crippen molar-refractivity contribution in [3.8, 4) is 0 Å². The second-order valence-corrected chi connectivity index (χ2v) is 7.54. The molecule has 1 aliphatic heterocycles. The number of halogens is 1. The number of anilines is 1. The zero-order valence-electron chi connectivity index (χ0n) is 15.5. The van der Waals surface area contributed by atoms with Crippen LogP contribution in [0.3, 0.4) is 0 Å². The molecule has 2 heterocycles. The first kappa shape index (κ1) is 17.8. The van der Waals surface area contributed by atoms with Crippen molar-refractivity contribution < 1.29 is 4.39 Å². The first-order valence-corrected chi connectivity index (χ1v) is 8.93. The van der Waals surface area contributed by atoms with Crippen LogP contribution in [0.2, 0.25) is 0 Å². The third-order valence-corrected chi connectivity index (χ3v) is 4.76. The first-order chi connectivity index (χ1) is 11.9. The largest absolute Gasteiger partial charge is 0.369 e. The van der Waals surface area contributed by atoms with Gasteiger partial charge in [-0.3, -0.25) is 4.90 Å². The highest BCUT2D eigenvalue weighted by Gasteiger charge is 2.30. The van der Waals surface area contributed by atoms with E-state index in [0.29, 0.717) is 0 Å². The van der Waals surface area contributed by atoms with E-state index in [4.69, 9.17) is 0 Å². The minimum absolute atomic E-state index is 0.137. The Morgan fingerprint density at radius 2 is 1.72 bits per heavy atom. The van der Waals surface area contributed by atoms with Crippen LogP contribution < -0.4 is 4.90 Å². The van der Waals surface area contributed by atoms with Crippen LogP contribution in [-0.2, 0) is 5.54 Å². The second-order valence-electron chi connectivity index (χ2n) is 7.54. The van der Waals surface area contributed by atoms with Crippen molar-refractivity contribution >= 4 is 5.69 Å². The highest BCUT2D eigenvalue weighted by molar-refractivity contribution is 5.46. The minimum Gasteiger partial charge on any atom is -0.369 e. The Labute approximate surface area is 148 Å². The van der Waals surface area contributed by atoms with Crippen molar-refractivity contribution in [1.82, 2.24) is 25.1 Å². The van der Waals surface area contributed by atoms with Gasteiger partial charge in [-0.25, -0.2) is 9.07 Å². The molecule has 136 valence electrons. The van der Waals surface area contributed by atoms with Gasteiger partial charge in [0.05, 0.1) is 11.6 Å². The highest BCUT2D eigenvalue weighted by atomic mass is 19.1. The molecule has 2 aromatic rings. The molecule has 1 aromatic carbocycles. The van der Waals surface area contributed by atoms with Crippen LogP contribution in [0.4, 0.5) is 10.1 Å². The quantitative estimate of drug-likeness (QED) is 0.852. The van der Waals surface area contributed by atoms with Crippen molar-refractivity contribution in [1.29, 1.82) is 0 Å². The van der Waals surface area contributed by atoms with Crippen LogP contribution in [0, 0.1) is 5.82 Å². The van der Waals surface area contributed by atoms with Crippen molar-refractivity contribution in [2.75, 3.05) is 31.1 Å². The Bertz CT molecular complexity index is 682. The number of piperazine rings is 1. The summed E-state index contributed by atoms with van der Waals surface area (Å²) >= 11 is 0. The van der Waals surface area contributed by atoms with Gasteiger partial charge in [0.2, 0.25) is 0 Å². The Hall–Kier alpha value is -2.02. The van der Waals surface area contributed by atoms with Gasteiger partial charge in [0, 0.05) is 31.9 Å². The third-order valence-electron chi connectivity index (χ3n) is 4.76. The molecule has 1 aromatic heterocycles. The number of hydrogen-bond acceptors (Lipinski definition) is 5.